The lowest BCUT2D eigenvalue weighted by atomic mass is 10.0. The van der Waals surface area contributed by atoms with Crippen molar-refractivity contribution in [2.45, 2.75) is 49.9 Å². The fraction of sp³-hybridized carbons (Fsp3) is 0.385. The molecule has 0 fully saturated rings. The van der Waals surface area contributed by atoms with Gasteiger partial charge in [0.05, 0.1) is 12.4 Å². The molecule has 16 heteroatoms. The summed E-state index contributed by atoms with van der Waals surface area (Å²) >= 11 is 4.20. The summed E-state index contributed by atoms with van der Waals surface area (Å²) in [5, 5.41) is 18.2. The summed E-state index contributed by atoms with van der Waals surface area (Å²) in [6, 6.07) is 2.88. The van der Waals surface area contributed by atoms with E-state index in [0.29, 0.717) is 12.1 Å². The molecule has 4 atom stereocenters. The van der Waals surface area contributed by atoms with E-state index in [2.05, 4.69) is 48.5 Å². The molecule has 0 bridgehead atoms. The van der Waals surface area contributed by atoms with Crippen LogP contribution in [0.3, 0.4) is 0 Å². The minimum absolute atomic E-state index is 0.0362. The number of fused-ring (bicyclic) bond motifs is 1. The van der Waals surface area contributed by atoms with E-state index in [1.807, 2.05) is 24.3 Å². The Kier molecular flexibility index (Phi) is 11.7. The molecule has 0 saturated heterocycles. The number of carbonyl (C=O) groups excluding carboxylic acids is 3. The van der Waals surface area contributed by atoms with Gasteiger partial charge in [0.15, 0.2) is 5.96 Å². The monoisotopic (exact) mass is 600 g/mol. The molecule has 15 nitrogen and oxygen atoms in total. The standard InChI is InChI=1S/C26H36N10O5S/c27-17(9-15-11-30-13-33-15)22(37)36-21(12-42)24(39)35-20(8-14-10-32-18-5-2-1-4-16(14)18)23(38)34-19(25(40)41)6-3-7-31-26(28)29/h1-2,4-5,10-11,13,17,19-21,32,42H,3,6-9,12,27H2,(H,30,33)(H,34,38)(H,35,39)(H,36,37)(H,40,41)(H4,28,29,31). The SMILES string of the molecule is NC(N)=NCCCC(NC(=O)C(Cc1c[nH]c2ccccc12)NC(=O)C(CS)NC(=O)C(N)Cc1cnc[nH]1)C(=O)O. The number of aromatic amines is 2. The number of para-hydroxylation sites is 1. The quantitative estimate of drug-likeness (QED) is 0.0397. The van der Waals surface area contributed by atoms with Gasteiger partial charge in [0.1, 0.15) is 18.1 Å². The van der Waals surface area contributed by atoms with Crippen LogP contribution in [0.25, 0.3) is 10.9 Å². The highest BCUT2D eigenvalue weighted by Crippen LogP contribution is 2.19. The van der Waals surface area contributed by atoms with Crippen LogP contribution in [0.4, 0.5) is 0 Å². The largest absolute Gasteiger partial charge is 0.480 e. The lowest BCUT2D eigenvalue weighted by molar-refractivity contribution is -0.142. The van der Waals surface area contributed by atoms with Crippen molar-refractivity contribution in [2.75, 3.05) is 12.3 Å². The Morgan fingerprint density at radius 3 is 2.33 bits per heavy atom. The summed E-state index contributed by atoms with van der Waals surface area (Å²) in [5.74, 6) is -3.46. The number of thiol groups is 1. The van der Waals surface area contributed by atoms with E-state index < -0.39 is 47.9 Å². The van der Waals surface area contributed by atoms with Crippen molar-refractivity contribution in [1.82, 2.24) is 30.9 Å². The zero-order valence-electron chi connectivity index (χ0n) is 22.7. The number of aromatic nitrogens is 3. The second kappa shape index (κ2) is 15.4. The number of nitrogens with one attached hydrogen (secondary N) is 5. The van der Waals surface area contributed by atoms with Crippen LogP contribution in [0.5, 0.6) is 0 Å². The molecule has 0 aliphatic heterocycles. The highest BCUT2D eigenvalue weighted by molar-refractivity contribution is 7.80. The number of nitrogens with two attached hydrogens (primary N) is 3. The Morgan fingerprint density at radius 1 is 0.976 bits per heavy atom. The molecule has 0 spiro atoms. The van der Waals surface area contributed by atoms with Gasteiger partial charge in [0, 0.05) is 54.1 Å². The lowest BCUT2D eigenvalue weighted by Gasteiger charge is -2.24. The van der Waals surface area contributed by atoms with Crippen molar-refractivity contribution < 1.29 is 24.3 Å². The first-order valence-corrected chi connectivity index (χ1v) is 13.8. The van der Waals surface area contributed by atoms with Crippen molar-refractivity contribution in [3.63, 3.8) is 0 Å². The van der Waals surface area contributed by atoms with Crippen molar-refractivity contribution in [2.24, 2.45) is 22.2 Å². The van der Waals surface area contributed by atoms with Gasteiger partial charge >= 0.3 is 5.97 Å². The number of carboxylic acids is 1. The van der Waals surface area contributed by atoms with Gasteiger partial charge in [-0.15, -0.1) is 0 Å². The van der Waals surface area contributed by atoms with Crippen LogP contribution in [-0.4, -0.2) is 86.2 Å². The first-order valence-electron chi connectivity index (χ1n) is 13.2. The molecule has 0 aliphatic carbocycles. The number of amides is 3. The molecule has 42 heavy (non-hydrogen) atoms. The van der Waals surface area contributed by atoms with Crippen LogP contribution < -0.4 is 33.2 Å². The van der Waals surface area contributed by atoms with E-state index in [4.69, 9.17) is 17.2 Å². The molecular weight excluding hydrogens is 564 g/mol. The van der Waals surface area contributed by atoms with E-state index in [1.165, 1.54) is 12.5 Å². The average molecular weight is 601 g/mol. The third-order valence-electron chi connectivity index (χ3n) is 6.44. The van der Waals surface area contributed by atoms with E-state index in [1.54, 1.807) is 6.20 Å². The minimum atomic E-state index is -1.25. The summed E-state index contributed by atoms with van der Waals surface area (Å²) in [6.45, 7) is 0.184. The van der Waals surface area contributed by atoms with Gasteiger partial charge in [-0.2, -0.15) is 12.6 Å². The van der Waals surface area contributed by atoms with Gasteiger partial charge in [0.2, 0.25) is 17.7 Å². The van der Waals surface area contributed by atoms with Gasteiger partial charge in [0.25, 0.3) is 0 Å². The number of H-pyrrole nitrogens is 2. The third-order valence-corrected chi connectivity index (χ3v) is 6.80. The summed E-state index contributed by atoms with van der Waals surface area (Å²) in [4.78, 5) is 65.0. The lowest BCUT2D eigenvalue weighted by Crippen LogP contribution is -2.58. The second-order valence-corrected chi connectivity index (χ2v) is 9.97. The Hall–Kier alpha value is -4.57. The molecule has 0 radical (unpaired) electrons. The molecule has 3 amide bonds. The van der Waals surface area contributed by atoms with Crippen LogP contribution in [-0.2, 0) is 32.0 Å². The zero-order chi connectivity index (χ0) is 30.6. The van der Waals surface area contributed by atoms with Crippen molar-refractivity contribution in [3.05, 3.63) is 54.2 Å². The second-order valence-electron chi connectivity index (χ2n) is 9.60. The molecule has 0 saturated carbocycles. The molecule has 1 aromatic carbocycles. The predicted octanol–water partition coefficient (Wildman–Crippen LogP) is -1.47. The van der Waals surface area contributed by atoms with E-state index >= 15 is 0 Å². The van der Waals surface area contributed by atoms with E-state index in [-0.39, 0.29) is 37.5 Å². The number of guanidine groups is 1. The topological polar surface area (TPSA) is 259 Å². The number of carboxylic acid groups (broad SMARTS) is 1. The number of hydrogen-bond acceptors (Lipinski definition) is 8. The van der Waals surface area contributed by atoms with Crippen LogP contribution in [0.1, 0.15) is 24.1 Å². The molecule has 226 valence electrons. The highest BCUT2D eigenvalue weighted by Gasteiger charge is 2.30. The van der Waals surface area contributed by atoms with E-state index in [9.17, 15) is 24.3 Å². The number of carbonyl (C=O) groups is 4. The number of benzene rings is 1. The third kappa shape index (κ3) is 9.24. The van der Waals surface area contributed by atoms with Crippen molar-refractivity contribution in [3.8, 4) is 0 Å². The molecule has 12 N–H and O–H groups in total. The van der Waals surface area contributed by atoms with Gasteiger partial charge < -0.3 is 48.2 Å². The minimum Gasteiger partial charge on any atom is -0.480 e. The van der Waals surface area contributed by atoms with Crippen LogP contribution in [0, 0.1) is 0 Å². The highest BCUT2D eigenvalue weighted by atomic mass is 32.1. The van der Waals surface area contributed by atoms with Crippen molar-refractivity contribution in [1.29, 1.82) is 0 Å². The maximum atomic E-state index is 13.4. The van der Waals surface area contributed by atoms with Gasteiger partial charge in [-0.05, 0) is 24.5 Å². The first-order chi connectivity index (χ1) is 20.1. The fourth-order valence-corrected chi connectivity index (χ4v) is 4.49. The van der Waals surface area contributed by atoms with E-state index in [0.717, 1.165) is 16.5 Å². The van der Waals surface area contributed by atoms with Crippen LogP contribution in [0.2, 0.25) is 0 Å². The maximum Gasteiger partial charge on any atom is 0.326 e. The maximum absolute atomic E-state index is 13.4. The number of aliphatic imine (C=N–C) groups is 1. The Bertz CT molecular complexity index is 1390. The molecule has 0 aliphatic rings. The Labute approximate surface area is 246 Å². The Balaban J connectivity index is 1.75. The number of nitrogens with zero attached hydrogens (tertiary/aromatic N) is 2. The predicted molar refractivity (Wildman–Crippen MR) is 159 cm³/mol. The number of rotatable bonds is 16. The van der Waals surface area contributed by atoms with Gasteiger partial charge in [-0.1, -0.05) is 18.2 Å². The summed E-state index contributed by atoms with van der Waals surface area (Å²) in [7, 11) is 0. The zero-order valence-corrected chi connectivity index (χ0v) is 23.6. The average Bonchev–Trinajstić information content (AvgIpc) is 3.62. The normalized spacial score (nSPS) is 13.9. The molecule has 3 aromatic rings. The molecule has 3 rings (SSSR count). The van der Waals surface area contributed by atoms with Crippen LogP contribution >= 0.6 is 12.6 Å². The van der Waals surface area contributed by atoms with Gasteiger partial charge in [-0.25, -0.2) is 9.78 Å². The number of hydrogen-bond donors (Lipinski definition) is 10. The summed E-state index contributed by atoms with van der Waals surface area (Å²) < 4.78 is 0. The molecule has 4 unspecified atom stereocenters. The fourth-order valence-electron chi connectivity index (χ4n) is 4.23. The number of imidazole rings is 1. The molecular formula is C26H36N10O5S. The molecule has 2 aromatic heterocycles. The number of aliphatic carboxylic acids is 1. The summed E-state index contributed by atoms with van der Waals surface area (Å²) in [5.41, 5.74) is 18.8. The first kappa shape index (κ1) is 32.0. The smallest absolute Gasteiger partial charge is 0.326 e. The molecule has 2 heterocycles. The van der Waals surface area contributed by atoms with Crippen LogP contribution in [0.15, 0.2) is 48.0 Å². The van der Waals surface area contributed by atoms with Crippen molar-refractivity contribution >= 4 is 53.2 Å². The summed E-state index contributed by atoms with van der Waals surface area (Å²) in [6.07, 6.45) is 5.26. The Morgan fingerprint density at radius 2 is 1.67 bits per heavy atom. The van der Waals surface area contributed by atoms with Gasteiger partial charge in [-0.3, -0.25) is 19.4 Å².